The van der Waals surface area contributed by atoms with Crippen molar-refractivity contribution in [1.29, 1.82) is 0 Å². The highest BCUT2D eigenvalue weighted by Gasteiger charge is 2.24. The normalized spacial score (nSPS) is 18.1. The molecule has 3 rings (SSSR count). The number of anilines is 2. The molecule has 0 saturated carbocycles. The van der Waals surface area contributed by atoms with Crippen LogP contribution in [0.4, 0.5) is 10.9 Å². The molecule has 8 nitrogen and oxygen atoms in total. The van der Waals surface area contributed by atoms with E-state index >= 15 is 0 Å². The second-order valence-corrected chi connectivity index (χ2v) is 6.50. The van der Waals surface area contributed by atoms with Crippen molar-refractivity contribution >= 4 is 22.3 Å². The van der Waals surface area contributed by atoms with Gasteiger partial charge in [0.15, 0.2) is 0 Å². The number of piperidine rings is 1. The van der Waals surface area contributed by atoms with Crippen molar-refractivity contribution in [2.45, 2.75) is 31.9 Å². The average molecular weight is 336 g/mol. The Morgan fingerprint density at radius 2 is 2.35 bits per heavy atom. The molecule has 0 bridgehead atoms. The molecule has 0 amide bonds. The highest BCUT2D eigenvalue weighted by Crippen LogP contribution is 2.23. The van der Waals surface area contributed by atoms with E-state index in [1.807, 2.05) is 0 Å². The van der Waals surface area contributed by atoms with Crippen molar-refractivity contribution < 1.29 is 4.74 Å². The number of methoxy groups -OCH3 is 1. The molecule has 3 heterocycles. The Balaban J connectivity index is 1.64. The maximum Gasteiger partial charge on any atom is 0.264 e. The Labute approximate surface area is 137 Å². The molecular formula is C14H20N6O2S. The van der Waals surface area contributed by atoms with Crippen molar-refractivity contribution in [3.05, 3.63) is 27.5 Å². The Hall–Kier alpha value is -2.00. The zero-order valence-electron chi connectivity index (χ0n) is 13.0. The highest BCUT2D eigenvalue weighted by atomic mass is 32.1. The van der Waals surface area contributed by atoms with E-state index < -0.39 is 0 Å². The van der Waals surface area contributed by atoms with Gasteiger partial charge in [0.1, 0.15) is 17.4 Å². The maximum absolute atomic E-state index is 11.2. The van der Waals surface area contributed by atoms with Gasteiger partial charge in [0.05, 0.1) is 0 Å². The predicted octanol–water partition coefficient (Wildman–Crippen LogP) is 1.24. The van der Waals surface area contributed by atoms with E-state index in [1.54, 1.807) is 13.2 Å². The third-order valence-corrected chi connectivity index (χ3v) is 4.66. The average Bonchev–Trinajstić information content (AvgIpc) is 3.02. The SMILES string of the molecule is COCc1nnc(NCC2CCCCN2c2ccc(=O)[nH]n2)s1. The lowest BCUT2D eigenvalue weighted by Crippen LogP contribution is -2.44. The van der Waals surface area contributed by atoms with E-state index in [9.17, 15) is 4.79 Å². The molecule has 1 aliphatic heterocycles. The Morgan fingerprint density at radius 1 is 1.43 bits per heavy atom. The first-order valence-electron chi connectivity index (χ1n) is 7.64. The van der Waals surface area contributed by atoms with Crippen molar-refractivity contribution in [1.82, 2.24) is 20.4 Å². The molecule has 1 atom stereocenters. The summed E-state index contributed by atoms with van der Waals surface area (Å²) in [6.07, 6.45) is 3.41. The van der Waals surface area contributed by atoms with Crippen LogP contribution < -0.4 is 15.8 Å². The summed E-state index contributed by atoms with van der Waals surface area (Å²) in [5.41, 5.74) is -0.181. The minimum absolute atomic E-state index is 0.181. The van der Waals surface area contributed by atoms with Crippen molar-refractivity contribution in [2.75, 3.05) is 30.4 Å². The molecule has 0 aromatic carbocycles. The van der Waals surface area contributed by atoms with Crippen LogP contribution in [0.5, 0.6) is 0 Å². The molecule has 2 aromatic rings. The third kappa shape index (κ3) is 4.05. The van der Waals surface area contributed by atoms with Crippen molar-refractivity contribution in [3.63, 3.8) is 0 Å². The van der Waals surface area contributed by atoms with Crippen LogP contribution in [0.25, 0.3) is 0 Å². The van der Waals surface area contributed by atoms with Gasteiger partial charge in [-0.1, -0.05) is 11.3 Å². The summed E-state index contributed by atoms with van der Waals surface area (Å²) in [6, 6.07) is 3.61. The zero-order chi connectivity index (χ0) is 16.1. The summed E-state index contributed by atoms with van der Waals surface area (Å²) in [5.74, 6) is 0.813. The van der Waals surface area contributed by atoms with E-state index in [0.29, 0.717) is 12.6 Å². The predicted molar refractivity (Wildman–Crippen MR) is 89.0 cm³/mol. The van der Waals surface area contributed by atoms with Crippen molar-refractivity contribution in [3.8, 4) is 0 Å². The fraction of sp³-hybridized carbons (Fsp3) is 0.571. The molecule has 0 spiro atoms. The molecule has 0 radical (unpaired) electrons. The van der Waals surface area contributed by atoms with Crippen LogP contribution in [0.2, 0.25) is 0 Å². The van der Waals surface area contributed by atoms with E-state index in [2.05, 4.69) is 30.6 Å². The summed E-state index contributed by atoms with van der Waals surface area (Å²) in [6.45, 7) is 2.19. The second-order valence-electron chi connectivity index (χ2n) is 5.44. The molecule has 9 heteroatoms. The van der Waals surface area contributed by atoms with Gasteiger partial charge in [-0.05, 0) is 25.3 Å². The number of H-pyrrole nitrogens is 1. The third-order valence-electron chi connectivity index (χ3n) is 3.81. The van der Waals surface area contributed by atoms with E-state index in [0.717, 1.165) is 41.9 Å². The van der Waals surface area contributed by atoms with Gasteiger partial charge in [0.25, 0.3) is 5.56 Å². The van der Waals surface area contributed by atoms with Crippen LogP contribution in [-0.4, -0.2) is 46.6 Å². The van der Waals surface area contributed by atoms with Crippen LogP contribution in [0.15, 0.2) is 16.9 Å². The van der Waals surface area contributed by atoms with E-state index in [-0.39, 0.29) is 5.56 Å². The number of aromatic amines is 1. The van der Waals surface area contributed by atoms with Crippen LogP contribution in [-0.2, 0) is 11.3 Å². The maximum atomic E-state index is 11.2. The van der Waals surface area contributed by atoms with Crippen LogP contribution in [0.3, 0.4) is 0 Å². The topological polar surface area (TPSA) is 96.0 Å². The summed E-state index contributed by atoms with van der Waals surface area (Å²) < 4.78 is 5.05. The fourth-order valence-corrected chi connectivity index (χ4v) is 3.44. The van der Waals surface area contributed by atoms with Crippen LogP contribution >= 0.6 is 11.3 Å². The first-order valence-corrected chi connectivity index (χ1v) is 8.45. The quantitative estimate of drug-likeness (QED) is 0.819. The standard InChI is InChI=1S/C14H20N6O2S/c1-22-9-13-18-19-14(23-13)15-8-10-4-2-3-7-20(10)11-5-6-12(21)17-16-11/h5-6,10H,2-4,7-9H2,1H3,(H,15,19)(H,17,21). The summed E-state index contributed by atoms with van der Waals surface area (Å²) >= 11 is 1.51. The second kappa shape index (κ2) is 7.51. The smallest absolute Gasteiger partial charge is 0.264 e. The Morgan fingerprint density at radius 3 is 3.13 bits per heavy atom. The Bertz CT molecular complexity index is 667. The van der Waals surface area contributed by atoms with Gasteiger partial charge in [-0.3, -0.25) is 4.79 Å². The van der Waals surface area contributed by atoms with E-state index in [1.165, 1.54) is 23.8 Å². The molecule has 2 aromatic heterocycles. The minimum Gasteiger partial charge on any atom is -0.377 e. The number of hydrogen-bond acceptors (Lipinski definition) is 8. The lowest BCUT2D eigenvalue weighted by molar-refractivity contribution is 0.184. The van der Waals surface area contributed by atoms with Gasteiger partial charge in [0.2, 0.25) is 5.13 Å². The molecule has 0 aliphatic carbocycles. The lowest BCUT2D eigenvalue weighted by Gasteiger charge is -2.36. The summed E-state index contributed by atoms with van der Waals surface area (Å²) in [5, 5.41) is 19.9. The molecule has 1 fully saturated rings. The summed E-state index contributed by atoms with van der Waals surface area (Å²) in [4.78, 5) is 13.4. The van der Waals surface area contributed by atoms with Gasteiger partial charge in [-0.25, -0.2) is 5.10 Å². The summed E-state index contributed by atoms with van der Waals surface area (Å²) in [7, 11) is 1.64. The van der Waals surface area contributed by atoms with Gasteiger partial charge in [-0.2, -0.15) is 5.10 Å². The van der Waals surface area contributed by atoms with Crippen LogP contribution in [0, 0.1) is 0 Å². The number of aromatic nitrogens is 4. The molecule has 124 valence electrons. The molecule has 2 N–H and O–H groups in total. The number of hydrogen-bond donors (Lipinski definition) is 2. The molecule has 1 aliphatic rings. The Kier molecular flexibility index (Phi) is 5.19. The number of rotatable bonds is 6. The van der Waals surface area contributed by atoms with E-state index in [4.69, 9.17) is 4.74 Å². The molecule has 23 heavy (non-hydrogen) atoms. The monoisotopic (exact) mass is 336 g/mol. The lowest BCUT2D eigenvalue weighted by atomic mass is 10.0. The first kappa shape index (κ1) is 15.9. The zero-order valence-corrected chi connectivity index (χ0v) is 13.8. The van der Waals surface area contributed by atoms with Crippen molar-refractivity contribution in [2.24, 2.45) is 0 Å². The van der Waals surface area contributed by atoms with Crippen LogP contribution in [0.1, 0.15) is 24.3 Å². The highest BCUT2D eigenvalue weighted by molar-refractivity contribution is 7.15. The minimum atomic E-state index is -0.181. The number of nitrogens with zero attached hydrogens (tertiary/aromatic N) is 4. The van der Waals surface area contributed by atoms with Gasteiger partial charge in [-0.15, -0.1) is 10.2 Å². The van der Waals surface area contributed by atoms with Gasteiger partial charge in [0, 0.05) is 32.3 Å². The molecule has 1 saturated heterocycles. The van der Waals surface area contributed by atoms with Gasteiger partial charge < -0.3 is 15.0 Å². The first-order chi connectivity index (χ1) is 11.3. The van der Waals surface area contributed by atoms with Gasteiger partial charge >= 0.3 is 0 Å². The fourth-order valence-electron chi connectivity index (χ4n) is 2.72. The largest absolute Gasteiger partial charge is 0.377 e. The number of nitrogens with one attached hydrogen (secondary N) is 2. The molecule has 1 unspecified atom stereocenters. The molecular weight excluding hydrogens is 316 g/mol. The number of ether oxygens (including phenoxy) is 1.